The summed E-state index contributed by atoms with van der Waals surface area (Å²) in [6.45, 7) is 1.51. The number of amides is 3. The minimum absolute atomic E-state index is 0.0247. The van der Waals surface area contributed by atoms with Crippen LogP contribution in [0.3, 0.4) is 0 Å². The first-order valence-electron chi connectivity index (χ1n) is 9.60. The van der Waals surface area contributed by atoms with Crippen LogP contribution in [-0.2, 0) is 14.3 Å². The van der Waals surface area contributed by atoms with Crippen molar-refractivity contribution >= 4 is 52.2 Å². The predicted molar refractivity (Wildman–Crippen MR) is 119 cm³/mol. The van der Waals surface area contributed by atoms with Crippen molar-refractivity contribution in [2.45, 2.75) is 6.10 Å². The number of nitrogens with one attached hydrogen (secondary N) is 3. The molecule has 31 heavy (non-hydrogen) atoms. The summed E-state index contributed by atoms with van der Waals surface area (Å²) < 4.78 is 11.1. The zero-order chi connectivity index (χ0) is 22.2. The highest BCUT2D eigenvalue weighted by Crippen LogP contribution is 2.24. The van der Waals surface area contributed by atoms with Crippen LogP contribution in [-0.4, -0.2) is 63.9 Å². The zero-order valence-electron chi connectivity index (χ0n) is 16.9. The minimum Gasteiger partial charge on any atom is -0.442 e. The molecule has 3 amide bonds. The standard InChI is InChI=1S/C20H23ClN4O5S/c1-22-18(26)12-29-9-8-23-13-2-4-14(5-3-13)25-11-15(30-20(25)28)10-24-19(27)16-6-7-17(21)31-16/h2-7,15,23H,8-12H2,1H3,(H,22,26)(H,24,27)/t15-/m0/s1. The third-order valence-corrected chi connectivity index (χ3v) is 5.66. The summed E-state index contributed by atoms with van der Waals surface area (Å²) in [7, 11) is 1.56. The van der Waals surface area contributed by atoms with Gasteiger partial charge in [-0.25, -0.2) is 4.79 Å². The second-order valence-electron chi connectivity index (χ2n) is 6.63. The molecule has 9 nitrogen and oxygen atoms in total. The first-order valence-corrected chi connectivity index (χ1v) is 10.8. The van der Waals surface area contributed by atoms with Crippen molar-refractivity contribution in [3.8, 4) is 0 Å². The van der Waals surface area contributed by atoms with Crippen molar-refractivity contribution in [3.05, 3.63) is 45.6 Å². The smallest absolute Gasteiger partial charge is 0.414 e. The third kappa shape index (κ3) is 6.58. The maximum absolute atomic E-state index is 12.2. The van der Waals surface area contributed by atoms with Gasteiger partial charge in [0.15, 0.2) is 0 Å². The average molecular weight is 467 g/mol. The van der Waals surface area contributed by atoms with Gasteiger partial charge in [-0.1, -0.05) is 11.6 Å². The topological polar surface area (TPSA) is 109 Å². The first-order chi connectivity index (χ1) is 15.0. The fourth-order valence-electron chi connectivity index (χ4n) is 2.83. The lowest BCUT2D eigenvalue weighted by atomic mass is 10.2. The van der Waals surface area contributed by atoms with Gasteiger partial charge in [-0.05, 0) is 36.4 Å². The molecule has 2 heterocycles. The van der Waals surface area contributed by atoms with Gasteiger partial charge in [-0.3, -0.25) is 14.5 Å². The molecule has 0 unspecified atom stereocenters. The molecule has 166 valence electrons. The van der Waals surface area contributed by atoms with Crippen molar-refractivity contribution in [3.63, 3.8) is 0 Å². The molecule has 2 aromatic rings. The van der Waals surface area contributed by atoms with E-state index in [9.17, 15) is 14.4 Å². The molecule has 1 aromatic carbocycles. The molecule has 3 rings (SSSR count). The Morgan fingerprint density at radius 3 is 2.71 bits per heavy atom. The van der Waals surface area contributed by atoms with E-state index in [1.54, 1.807) is 19.2 Å². The van der Waals surface area contributed by atoms with Crippen molar-refractivity contribution < 1.29 is 23.9 Å². The van der Waals surface area contributed by atoms with Gasteiger partial charge in [0.25, 0.3) is 5.91 Å². The van der Waals surface area contributed by atoms with Crippen LogP contribution in [0.2, 0.25) is 4.34 Å². The zero-order valence-corrected chi connectivity index (χ0v) is 18.4. The average Bonchev–Trinajstić information content (AvgIpc) is 3.37. The van der Waals surface area contributed by atoms with E-state index in [2.05, 4.69) is 16.0 Å². The quantitative estimate of drug-likeness (QED) is 0.464. The number of anilines is 2. The fourth-order valence-corrected chi connectivity index (χ4v) is 3.79. The van der Waals surface area contributed by atoms with Crippen LogP contribution < -0.4 is 20.9 Å². The summed E-state index contributed by atoms with van der Waals surface area (Å²) in [5.41, 5.74) is 1.56. The van der Waals surface area contributed by atoms with Gasteiger partial charge >= 0.3 is 6.09 Å². The number of rotatable bonds is 10. The molecule has 11 heteroatoms. The molecule has 0 radical (unpaired) electrons. The van der Waals surface area contributed by atoms with E-state index in [1.165, 1.54) is 16.2 Å². The molecule has 1 atom stereocenters. The molecule has 1 saturated heterocycles. The second kappa shape index (κ2) is 11.0. The molecule has 1 aliphatic rings. The lowest BCUT2D eigenvalue weighted by Crippen LogP contribution is -2.34. The number of benzene rings is 1. The lowest BCUT2D eigenvalue weighted by molar-refractivity contribution is -0.125. The number of hydrogen-bond donors (Lipinski definition) is 3. The Kier molecular flexibility index (Phi) is 8.10. The van der Waals surface area contributed by atoms with Crippen LogP contribution in [0.1, 0.15) is 9.67 Å². The van der Waals surface area contributed by atoms with Crippen LogP contribution in [0.25, 0.3) is 0 Å². The van der Waals surface area contributed by atoms with Crippen molar-refractivity contribution in [2.75, 3.05) is 50.1 Å². The number of nitrogens with zero attached hydrogens (tertiary/aromatic N) is 1. The fraction of sp³-hybridized carbons (Fsp3) is 0.350. The number of likely N-dealkylation sites (N-methyl/N-ethyl adjacent to an activating group) is 1. The summed E-state index contributed by atoms with van der Waals surface area (Å²) in [6, 6.07) is 10.6. The Balaban J connectivity index is 1.43. The Labute approximate surface area is 188 Å². The third-order valence-electron chi connectivity index (χ3n) is 4.43. The number of carbonyl (C=O) groups is 3. The molecule has 0 spiro atoms. The van der Waals surface area contributed by atoms with Gasteiger partial charge in [-0.15, -0.1) is 11.3 Å². The number of carbonyl (C=O) groups excluding carboxylic acids is 3. The molecule has 0 bridgehead atoms. The van der Waals surface area contributed by atoms with Gasteiger partial charge in [0, 0.05) is 25.0 Å². The van der Waals surface area contributed by atoms with Crippen molar-refractivity contribution in [1.29, 1.82) is 0 Å². The molecule has 1 aromatic heterocycles. The second-order valence-corrected chi connectivity index (χ2v) is 8.34. The summed E-state index contributed by atoms with van der Waals surface area (Å²) in [5, 5.41) is 8.42. The van der Waals surface area contributed by atoms with Crippen LogP contribution in [0.5, 0.6) is 0 Å². The van der Waals surface area contributed by atoms with E-state index in [1.807, 2.05) is 24.3 Å². The molecule has 0 saturated carbocycles. The van der Waals surface area contributed by atoms with Gasteiger partial charge < -0.3 is 25.4 Å². The highest BCUT2D eigenvalue weighted by molar-refractivity contribution is 7.18. The highest BCUT2D eigenvalue weighted by Gasteiger charge is 2.32. The number of thiophene rings is 1. The molecular formula is C20H23ClN4O5S. The molecule has 0 aliphatic carbocycles. The molecule has 1 fully saturated rings. The van der Waals surface area contributed by atoms with Gasteiger partial charge in [-0.2, -0.15) is 0 Å². The Morgan fingerprint density at radius 2 is 2.03 bits per heavy atom. The Hall–Kier alpha value is -2.82. The van der Waals surface area contributed by atoms with Crippen LogP contribution in [0.4, 0.5) is 16.2 Å². The number of hydrogen-bond acceptors (Lipinski definition) is 7. The summed E-state index contributed by atoms with van der Waals surface area (Å²) in [5.74, 6) is -0.420. The van der Waals surface area contributed by atoms with Crippen molar-refractivity contribution in [2.24, 2.45) is 0 Å². The van der Waals surface area contributed by atoms with E-state index in [4.69, 9.17) is 21.1 Å². The van der Waals surface area contributed by atoms with Gasteiger partial charge in [0.2, 0.25) is 5.91 Å². The summed E-state index contributed by atoms with van der Waals surface area (Å²) in [4.78, 5) is 37.4. The normalized spacial score (nSPS) is 15.5. The monoisotopic (exact) mass is 466 g/mol. The predicted octanol–water partition coefficient (Wildman–Crippen LogP) is 2.33. The number of halogens is 1. The SMILES string of the molecule is CNC(=O)COCCNc1ccc(N2C[C@H](CNC(=O)c3ccc(Cl)s3)OC2=O)cc1. The van der Waals surface area contributed by atoms with Gasteiger partial charge in [0.1, 0.15) is 12.7 Å². The van der Waals surface area contributed by atoms with Crippen LogP contribution in [0, 0.1) is 0 Å². The minimum atomic E-state index is -0.457. The van der Waals surface area contributed by atoms with E-state index < -0.39 is 12.2 Å². The van der Waals surface area contributed by atoms with E-state index in [0.717, 1.165) is 5.69 Å². The summed E-state index contributed by atoms with van der Waals surface area (Å²) >= 11 is 7.04. The van der Waals surface area contributed by atoms with Crippen LogP contribution >= 0.6 is 22.9 Å². The van der Waals surface area contributed by atoms with E-state index in [-0.39, 0.29) is 25.0 Å². The maximum atomic E-state index is 12.2. The Bertz CT molecular complexity index is 921. The number of cyclic esters (lactones) is 1. The Morgan fingerprint density at radius 1 is 1.26 bits per heavy atom. The maximum Gasteiger partial charge on any atom is 0.414 e. The van der Waals surface area contributed by atoms with Crippen LogP contribution in [0.15, 0.2) is 36.4 Å². The molecular weight excluding hydrogens is 444 g/mol. The first kappa shape index (κ1) is 22.9. The number of ether oxygens (including phenoxy) is 2. The lowest BCUT2D eigenvalue weighted by Gasteiger charge is -2.14. The largest absolute Gasteiger partial charge is 0.442 e. The van der Waals surface area contributed by atoms with Crippen molar-refractivity contribution in [1.82, 2.24) is 10.6 Å². The summed E-state index contributed by atoms with van der Waals surface area (Å²) in [6.07, 6.45) is -0.899. The molecule has 3 N–H and O–H groups in total. The van der Waals surface area contributed by atoms with Gasteiger partial charge in [0.05, 0.1) is 28.9 Å². The van der Waals surface area contributed by atoms with E-state index in [0.29, 0.717) is 34.6 Å². The molecule has 1 aliphatic heterocycles. The highest BCUT2D eigenvalue weighted by atomic mass is 35.5. The van der Waals surface area contributed by atoms with E-state index >= 15 is 0 Å².